The molecule has 4 nitrogen and oxygen atoms in total. The van der Waals surface area contributed by atoms with Crippen LogP contribution in [0, 0.1) is 11.8 Å². The highest BCUT2D eigenvalue weighted by atomic mass is 32.1. The lowest BCUT2D eigenvalue weighted by Gasteiger charge is -2.15. The first-order chi connectivity index (χ1) is 9.97. The van der Waals surface area contributed by atoms with Gasteiger partial charge in [0.1, 0.15) is 4.99 Å². The molecule has 2 atom stereocenters. The Kier molecular flexibility index (Phi) is 5.31. The third kappa shape index (κ3) is 4.25. The van der Waals surface area contributed by atoms with E-state index in [9.17, 15) is 4.79 Å². The van der Waals surface area contributed by atoms with Crippen LogP contribution in [-0.2, 0) is 4.79 Å². The van der Waals surface area contributed by atoms with E-state index in [1.807, 2.05) is 24.3 Å². The summed E-state index contributed by atoms with van der Waals surface area (Å²) in [5, 5.41) is 2.91. The fourth-order valence-electron chi connectivity index (χ4n) is 2.71. The molecule has 1 aromatic rings. The third-order valence-corrected chi connectivity index (χ3v) is 4.41. The Morgan fingerprint density at radius 2 is 1.95 bits per heavy atom. The number of rotatable bonds is 5. The number of nitrogens with one attached hydrogen (secondary N) is 1. The normalized spacial score (nSPS) is 22.2. The summed E-state index contributed by atoms with van der Waals surface area (Å²) in [5.41, 5.74) is 7.07. The first kappa shape index (κ1) is 15.9. The number of nitrogens with zero attached hydrogens (tertiary/aromatic N) is 1. The smallest absolute Gasteiger partial charge is 0.225 e. The predicted octanol–water partition coefficient (Wildman–Crippen LogP) is 2.24. The molecule has 0 saturated carbocycles. The lowest BCUT2D eigenvalue weighted by Crippen LogP contribution is -2.26. The number of carbonyl (C=O) groups is 1. The molecular weight excluding hydrogens is 282 g/mol. The first-order valence-corrected chi connectivity index (χ1v) is 7.79. The van der Waals surface area contributed by atoms with Crippen molar-refractivity contribution in [3.05, 3.63) is 29.8 Å². The second kappa shape index (κ2) is 7.00. The van der Waals surface area contributed by atoms with Gasteiger partial charge in [-0.2, -0.15) is 0 Å². The van der Waals surface area contributed by atoms with Gasteiger partial charge in [0.2, 0.25) is 5.91 Å². The van der Waals surface area contributed by atoms with Crippen LogP contribution >= 0.6 is 12.2 Å². The van der Waals surface area contributed by atoms with E-state index in [0.717, 1.165) is 19.6 Å². The molecule has 1 aromatic carbocycles. The fourth-order valence-corrected chi connectivity index (χ4v) is 2.89. The molecular formula is C16H23N3OS. The summed E-state index contributed by atoms with van der Waals surface area (Å²) < 4.78 is 0. The number of anilines is 1. The maximum Gasteiger partial charge on any atom is 0.225 e. The molecule has 114 valence electrons. The molecule has 0 radical (unpaired) electrons. The highest BCUT2D eigenvalue weighted by Crippen LogP contribution is 2.22. The molecule has 0 spiro atoms. The van der Waals surface area contributed by atoms with Gasteiger partial charge in [0.05, 0.1) is 5.69 Å². The van der Waals surface area contributed by atoms with Crippen molar-refractivity contribution in [3.63, 3.8) is 0 Å². The lowest BCUT2D eigenvalue weighted by atomic mass is 10.0. The minimum Gasteiger partial charge on any atom is -0.389 e. The second-order valence-electron chi connectivity index (χ2n) is 5.92. The van der Waals surface area contributed by atoms with Crippen LogP contribution in [0.3, 0.4) is 0 Å². The lowest BCUT2D eigenvalue weighted by molar-refractivity contribution is -0.116. The summed E-state index contributed by atoms with van der Waals surface area (Å²) in [5.74, 6) is 1.43. The van der Waals surface area contributed by atoms with Crippen molar-refractivity contribution < 1.29 is 4.79 Å². The van der Waals surface area contributed by atoms with Crippen LogP contribution in [0.2, 0.25) is 0 Å². The number of benzene rings is 1. The van der Waals surface area contributed by atoms with Crippen molar-refractivity contribution in [3.8, 4) is 0 Å². The van der Waals surface area contributed by atoms with Gasteiger partial charge in [-0.1, -0.05) is 38.2 Å². The Morgan fingerprint density at radius 3 is 2.57 bits per heavy atom. The average molecular weight is 305 g/mol. The molecule has 2 unspecified atom stereocenters. The van der Waals surface area contributed by atoms with E-state index >= 15 is 0 Å². The predicted molar refractivity (Wildman–Crippen MR) is 90.3 cm³/mol. The molecule has 1 aliphatic rings. The maximum absolute atomic E-state index is 12.1. The number of thiocarbonyl (C=S) groups is 1. The van der Waals surface area contributed by atoms with E-state index in [-0.39, 0.29) is 5.91 Å². The van der Waals surface area contributed by atoms with Gasteiger partial charge in [-0.3, -0.25) is 4.79 Å². The fraction of sp³-hybridized carbons (Fsp3) is 0.500. The van der Waals surface area contributed by atoms with Crippen LogP contribution in [0.5, 0.6) is 0 Å². The SMILES string of the molecule is CC1CN(CCC(=O)Nc2ccccc2C(N)=S)CC1C. The van der Waals surface area contributed by atoms with Gasteiger partial charge in [0.15, 0.2) is 0 Å². The van der Waals surface area contributed by atoms with Crippen molar-refractivity contribution in [2.45, 2.75) is 20.3 Å². The zero-order chi connectivity index (χ0) is 15.4. The Balaban J connectivity index is 1.87. The number of carbonyl (C=O) groups excluding carboxylic acids is 1. The monoisotopic (exact) mass is 305 g/mol. The molecule has 1 saturated heterocycles. The van der Waals surface area contributed by atoms with Crippen LogP contribution in [0.4, 0.5) is 5.69 Å². The molecule has 1 aliphatic heterocycles. The van der Waals surface area contributed by atoms with Gasteiger partial charge in [-0.25, -0.2) is 0 Å². The number of hydrogen-bond donors (Lipinski definition) is 2. The van der Waals surface area contributed by atoms with E-state index < -0.39 is 0 Å². The van der Waals surface area contributed by atoms with Gasteiger partial charge in [0.25, 0.3) is 0 Å². The van der Waals surface area contributed by atoms with Gasteiger partial charge in [0, 0.05) is 31.6 Å². The quantitative estimate of drug-likeness (QED) is 0.819. The summed E-state index contributed by atoms with van der Waals surface area (Å²) in [6.07, 6.45) is 0.491. The van der Waals surface area contributed by atoms with Gasteiger partial charge >= 0.3 is 0 Å². The highest BCUT2D eigenvalue weighted by molar-refractivity contribution is 7.80. The zero-order valence-electron chi connectivity index (χ0n) is 12.6. The van der Waals surface area contributed by atoms with E-state index in [2.05, 4.69) is 24.1 Å². The van der Waals surface area contributed by atoms with E-state index in [1.54, 1.807) is 0 Å². The summed E-state index contributed by atoms with van der Waals surface area (Å²) in [6, 6.07) is 7.37. The molecule has 2 rings (SSSR count). The minimum absolute atomic E-state index is 0.00547. The number of nitrogens with two attached hydrogens (primary N) is 1. The van der Waals surface area contributed by atoms with Gasteiger partial charge in [-0.15, -0.1) is 0 Å². The second-order valence-corrected chi connectivity index (χ2v) is 6.36. The topological polar surface area (TPSA) is 58.4 Å². The molecule has 3 N–H and O–H groups in total. The zero-order valence-corrected chi connectivity index (χ0v) is 13.5. The average Bonchev–Trinajstić information content (AvgIpc) is 2.76. The summed E-state index contributed by atoms with van der Waals surface area (Å²) >= 11 is 5.00. The number of para-hydroxylation sites is 1. The van der Waals surface area contributed by atoms with Crippen molar-refractivity contribution in [1.29, 1.82) is 0 Å². The Bertz CT molecular complexity index is 522. The van der Waals surface area contributed by atoms with Crippen LogP contribution in [0.15, 0.2) is 24.3 Å². The van der Waals surface area contributed by atoms with Crippen molar-refractivity contribution in [1.82, 2.24) is 4.90 Å². The van der Waals surface area contributed by atoms with Crippen LogP contribution in [0.25, 0.3) is 0 Å². The Labute approximate surface area is 131 Å². The molecule has 0 aliphatic carbocycles. The summed E-state index contributed by atoms with van der Waals surface area (Å²) in [7, 11) is 0. The van der Waals surface area contributed by atoms with Crippen molar-refractivity contribution in [2.75, 3.05) is 25.0 Å². The third-order valence-electron chi connectivity index (χ3n) is 4.19. The van der Waals surface area contributed by atoms with Gasteiger partial charge < -0.3 is 16.0 Å². The van der Waals surface area contributed by atoms with Crippen LogP contribution in [0.1, 0.15) is 25.8 Å². The molecule has 1 heterocycles. The molecule has 0 bridgehead atoms. The van der Waals surface area contributed by atoms with E-state index in [1.165, 1.54) is 0 Å². The van der Waals surface area contributed by atoms with Gasteiger partial charge in [-0.05, 0) is 24.0 Å². The number of hydrogen-bond acceptors (Lipinski definition) is 3. The summed E-state index contributed by atoms with van der Waals surface area (Å²) in [4.78, 5) is 14.7. The first-order valence-electron chi connectivity index (χ1n) is 7.38. The molecule has 21 heavy (non-hydrogen) atoms. The largest absolute Gasteiger partial charge is 0.389 e. The number of likely N-dealkylation sites (tertiary alicyclic amines) is 1. The Hall–Kier alpha value is -1.46. The molecule has 5 heteroatoms. The van der Waals surface area contributed by atoms with Crippen molar-refractivity contribution in [2.24, 2.45) is 17.6 Å². The Morgan fingerprint density at radius 1 is 1.33 bits per heavy atom. The molecule has 1 amide bonds. The molecule has 1 fully saturated rings. The van der Waals surface area contributed by atoms with E-state index in [4.69, 9.17) is 18.0 Å². The number of amides is 1. The highest BCUT2D eigenvalue weighted by Gasteiger charge is 2.25. The van der Waals surface area contributed by atoms with Crippen molar-refractivity contribution >= 4 is 28.8 Å². The maximum atomic E-state index is 12.1. The summed E-state index contributed by atoms with van der Waals surface area (Å²) in [6.45, 7) is 7.50. The standard InChI is InChI=1S/C16H23N3OS/c1-11-9-19(10-12(11)2)8-7-15(20)18-14-6-4-3-5-13(14)16(17)21/h3-6,11-12H,7-10H2,1-2H3,(H2,17,21)(H,18,20). The van der Waals surface area contributed by atoms with E-state index in [0.29, 0.717) is 34.5 Å². The van der Waals surface area contributed by atoms with Crippen LogP contribution in [-0.4, -0.2) is 35.4 Å². The minimum atomic E-state index is 0.00547. The molecule has 0 aromatic heterocycles. The van der Waals surface area contributed by atoms with Crippen LogP contribution < -0.4 is 11.1 Å².